The first-order valence-corrected chi connectivity index (χ1v) is 20.5. The van der Waals surface area contributed by atoms with E-state index in [-0.39, 0.29) is 17.6 Å². The molecule has 0 spiro atoms. The molecule has 2 aliphatic heterocycles. The molecule has 3 unspecified atom stereocenters. The van der Waals surface area contributed by atoms with E-state index in [1.165, 1.54) is 44.6 Å². The molecular weight excluding hydrogens is 695 g/mol. The fraction of sp³-hybridized carbons (Fsp3) is 0.476. The minimum absolute atomic E-state index is 0.122. The van der Waals surface area contributed by atoms with Crippen molar-refractivity contribution in [1.29, 1.82) is 0 Å². The molecule has 2 aliphatic rings. The number of nitrogens with zero attached hydrogens (tertiary/aromatic N) is 2. The number of likely N-dealkylation sites (tertiary alicyclic amines) is 2. The molecule has 53 heavy (non-hydrogen) atoms. The number of hydrogen-bond acceptors (Lipinski definition) is 5. The van der Waals surface area contributed by atoms with Gasteiger partial charge in [-0.25, -0.2) is 17.2 Å². The number of nitrogens with one attached hydrogen (secondary N) is 1. The second-order valence-corrected chi connectivity index (χ2v) is 16.5. The molecule has 2 saturated heterocycles. The van der Waals surface area contributed by atoms with Gasteiger partial charge >= 0.3 is 0 Å². The zero-order valence-corrected chi connectivity index (χ0v) is 32.2. The highest BCUT2D eigenvalue weighted by Crippen LogP contribution is 2.26. The van der Waals surface area contributed by atoms with Crippen LogP contribution in [0, 0.1) is 23.5 Å². The Morgan fingerprint density at radius 3 is 2.30 bits per heavy atom. The number of ether oxygens (including phenoxy) is 2. The number of sulfonamides is 1. The number of nitrogens with two attached hydrogens (primary N) is 1. The quantitative estimate of drug-likeness (QED) is 0.167. The number of fused-ring (bicyclic) bond motifs is 1. The van der Waals surface area contributed by atoms with Crippen LogP contribution in [-0.2, 0) is 32.6 Å². The van der Waals surface area contributed by atoms with Crippen molar-refractivity contribution in [3.8, 4) is 0 Å². The zero-order chi connectivity index (χ0) is 37.5. The van der Waals surface area contributed by atoms with Crippen molar-refractivity contribution in [3.05, 3.63) is 114 Å². The van der Waals surface area contributed by atoms with E-state index in [0.717, 1.165) is 73.4 Å². The van der Waals surface area contributed by atoms with Gasteiger partial charge in [0.25, 0.3) is 0 Å². The van der Waals surface area contributed by atoms with E-state index >= 15 is 0 Å². The Labute approximate surface area is 315 Å². The molecule has 0 saturated carbocycles. The van der Waals surface area contributed by atoms with Gasteiger partial charge in [-0.05, 0) is 90.9 Å². The monoisotopic (exact) mass is 752 g/mol. The summed E-state index contributed by atoms with van der Waals surface area (Å²) in [6.45, 7) is 9.92. The maximum Gasteiger partial charge on any atom is 0.243 e. The fourth-order valence-corrected chi connectivity index (χ4v) is 9.25. The Hall–Kier alpha value is -3.29. The topological polar surface area (TPSA) is 80.1 Å². The average molecular weight is 753 g/mol. The lowest BCUT2D eigenvalue weighted by Gasteiger charge is -2.35. The summed E-state index contributed by atoms with van der Waals surface area (Å²) in [5, 5.41) is 4.28. The Morgan fingerprint density at radius 1 is 0.830 bits per heavy atom. The van der Waals surface area contributed by atoms with Gasteiger partial charge in [0.15, 0.2) is 0 Å². The van der Waals surface area contributed by atoms with Crippen molar-refractivity contribution in [3.63, 3.8) is 0 Å². The maximum absolute atomic E-state index is 13.6. The van der Waals surface area contributed by atoms with Crippen molar-refractivity contribution in [1.82, 2.24) is 9.21 Å². The largest absolute Gasteiger partial charge is 0.383 e. The molecule has 3 atom stereocenters. The van der Waals surface area contributed by atoms with Crippen molar-refractivity contribution in [2.24, 2.45) is 11.8 Å². The first kappa shape index (κ1) is 40.9. The zero-order valence-electron chi connectivity index (χ0n) is 31.4. The molecule has 0 bridgehead atoms. The van der Waals surface area contributed by atoms with Crippen LogP contribution >= 0.6 is 0 Å². The van der Waals surface area contributed by atoms with Crippen molar-refractivity contribution in [2.75, 3.05) is 79.8 Å². The molecule has 2 heterocycles. The van der Waals surface area contributed by atoms with Crippen LogP contribution in [0.1, 0.15) is 36.8 Å². The third kappa shape index (κ3) is 12.9. The Bertz CT molecular complexity index is 1810. The molecule has 11 heteroatoms. The van der Waals surface area contributed by atoms with E-state index in [0.29, 0.717) is 31.1 Å². The minimum Gasteiger partial charge on any atom is -0.383 e. The van der Waals surface area contributed by atoms with Gasteiger partial charge in [0.05, 0.1) is 50.2 Å². The number of benzene rings is 4. The molecule has 0 aromatic heterocycles. The van der Waals surface area contributed by atoms with E-state index in [9.17, 15) is 17.2 Å². The first-order chi connectivity index (χ1) is 25.7. The smallest absolute Gasteiger partial charge is 0.243 e. The molecule has 0 aliphatic carbocycles. The van der Waals surface area contributed by atoms with Crippen LogP contribution in [0.2, 0.25) is 0 Å². The predicted octanol–water partition coefficient (Wildman–Crippen LogP) is 4.36. The summed E-state index contributed by atoms with van der Waals surface area (Å²) in [6, 6.07) is 26.8. The summed E-state index contributed by atoms with van der Waals surface area (Å²) in [5.41, 5.74) is 2.06. The average Bonchev–Trinajstić information content (AvgIpc) is 3.15. The van der Waals surface area contributed by atoms with Crippen LogP contribution in [0.4, 0.5) is 8.78 Å². The summed E-state index contributed by atoms with van der Waals surface area (Å²) in [6.07, 6.45) is 4.58. The van der Waals surface area contributed by atoms with Gasteiger partial charge in [0, 0.05) is 46.0 Å². The number of rotatable bonds is 16. The van der Waals surface area contributed by atoms with Gasteiger partial charge in [-0.1, -0.05) is 54.6 Å². The molecule has 2 fully saturated rings. The van der Waals surface area contributed by atoms with Crippen LogP contribution < -0.4 is 10.2 Å². The van der Waals surface area contributed by atoms with Crippen molar-refractivity contribution < 1.29 is 36.9 Å². The van der Waals surface area contributed by atoms with Crippen molar-refractivity contribution in [2.45, 2.75) is 43.7 Å². The molecule has 0 amide bonds. The van der Waals surface area contributed by atoms with E-state index in [2.05, 4.69) is 10.2 Å². The van der Waals surface area contributed by atoms with Gasteiger partial charge in [0.1, 0.15) is 18.2 Å². The second kappa shape index (κ2) is 21.0. The molecule has 0 radical (unpaired) electrons. The van der Waals surface area contributed by atoms with E-state index < -0.39 is 10.0 Å². The van der Waals surface area contributed by atoms with Crippen LogP contribution in [0.5, 0.6) is 0 Å². The normalized spacial score (nSPS) is 19.6. The highest BCUT2D eigenvalue weighted by molar-refractivity contribution is 7.89. The fourth-order valence-electron chi connectivity index (χ4n) is 7.71. The van der Waals surface area contributed by atoms with Gasteiger partial charge in [0.2, 0.25) is 10.0 Å². The summed E-state index contributed by atoms with van der Waals surface area (Å²) in [7, 11) is -0.326. The van der Waals surface area contributed by atoms with Gasteiger partial charge in [-0.3, -0.25) is 4.90 Å². The van der Waals surface area contributed by atoms with Gasteiger partial charge in [-0.15, -0.1) is 0 Å². The van der Waals surface area contributed by atoms with Crippen LogP contribution in [0.15, 0.2) is 95.9 Å². The summed E-state index contributed by atoms with van der Waals surface area (Å²) < 4.78 is 65.8. The molecule has 3 N–H and O–H groups in total. The summed E-state index contributed by atoms with van der Waals surface area (Å²) in [5.74, 6) is 0.639. The highest BCUT2D eigenvalue weighted by Gasteiger charge is 2.30. The van der Waals surface area contributed by atoms with Gasteiger partial charge < -0.3 is 19.7 Å². The van der Waals surface area contributed by atoms with E-state index in [1.807, 2.05) is 48.5 Å². The minimum atomic E-state index is -3.66. The maximum atomic E-state index is 13.6. The Balaban J connectivity index is 0.000000231. The summed E-state index contributed by atoms with van der Waals surface area (Å²) >= 11 is 0. The third-order valence-electron chi connectivity index (χ3n) is 10.4. The third-order valence-corrected chi connectivity index (χ3v) is 12.2. The Morgan fingerprint density at radius 2 is 1.55 bits per heavy atom. The Kier molecular flexibility index (Phi) is 16.2. The van der Waals surface area contributed by atoms with Crippen molar-refractivity contribution >= 4 is 20.8 Å². The second-order valence-electron chi connectivity index (χ2n) is 14.6. The van der Waals surface area contributed by atoms with Crippen LogP contribution in [0.25, 0.3) is 10.8 Å². The lowest BCUT2D eigenvalue weighted by atomic mass is 9.97. The molecule has 8 nitrogen and oxygen atoms in total. The first-order valence-electron chi connectivity index (χ1n) is 19.1. The molecular formula is C42H58F2N4O4S+2. The highest BCUT2D eigenvalue weighted by atomic mass is 32.2. The standard InChI is InChI=1S/C26H31FN2O3S.C16H25FN2O/c1-32-15-14-29(33(30,31)26-12-11-23-8-2-3-9-24(23)17-26)20-22-7-5-13-28(19-22)18-21-6-4-10-25(27)16-21;1-20-9-7-18-11-15-5-3-8-19(13-15)12-14-4-2-6-16(17)10-14/h2-4,6,8-12,16-17,22H,5,7,13-15,18-20H2,1H3;2,4,6,10,15,18H,3,5,7-9,11-13H2,1H3/p+2. The van der Waals surface area contributed by atoms with Gasteiger partial charge in [-0.2, -0.15) is 4.31 Å². The predicted molar refractivity (Wildman–Crippen MR) is 206 cm³/mol. The SMILES string of the molecule is COCCN(CC1CCCN(Cc2cccc(F)c2)C1)S(=O)(=O)c1ccc2ccccc2c1.COCC[NH2+]CC1CCC[NH+](Cc2cccc(F)c2)C1. The summed E-state index contributed by atoms with van der Waals surface area (Å²) in [4.78, 5) is 4.19. The number of piperidine rings is 2. The van der Waals surface area contributed by atoms with Crippen LogP contribution in [0.3, 0.4) is 0 Å². The lowest BCUT2D eigenvalue weighted by molar-refractivity contribution is -0.924. The number of methoxy groups -OCH3 is 2. The molecule has 288 valence electrons. The number of hydrogen-bond donors (Lipinski definition) is 2. The molecule has 4 aromatic carbocycles. The molecule has 6 rings (SSSR count). The van der Waals surface area contributed by atoms with E-state index in [4.69, 9.17) is 9.47 Å². The van der Waals surface area contributed by atoms with E-state index in [1.54, 1.807) is 53.8 Å². The number of quaternary nitrogens is 2. The number of halogens is 2. The van der Waals surface area contributed by atoms with Crippen LogP contribution in [-0.4, -0.2) is 97.4 Å². The lowest BCUT2D eigenvalue weighted by Crippen LogP contribution is -3.13. The molecule has 4 aromatic rings.